The molecule has 1 amide bonds. The normalized spacial score (nSPS) is 19.8. The molecule has 1 aliphatic rings. The van der Waals surface area contributed by atoms with Crippen LogP contribution >= 0.6 is 27.5 Å². The van der Waals surface area contributed by atoms with E-state index in [0.29, 0.717) is 18.8 Å². The van der Waals surface area contributed by atoms with E-state index in [2.05, 4.69) is 35.5 Å². The number of likely N-dealkylation sites (tertiary alicyclic amines) is 1. The minimum absolute atomic E-state index is 0.112. The highest BCUT2D eigenvalue weighted by atomic mass is 79.9. The Morgan fingerprint density at radius 1 is 1.50 bits per heavy atom. The molecule has 0 aromatic rings. The van der Waals surface area contributed by atoms with Crippen LogP contribution in [0.4, 0.5) is 0 Å². The number of nitrogens with zero attached hydrogens (tertiary/aromatic N) is 1. The molecule has 2 nitrogen and oxygen atoms in total. The number of amides is 1. The summed E-state index contributed by atoms with van der Waals surface area (Å²) in [7, 11) is 0. The van der Waals surface area contributed by atoms with Crippen molar-refractivity contribution in [3.05, 3.63) is 22.7 Å². The van der Waals surface area contributed by atoms with Crippen molar-refractivity contribution in [1.82, 2.24) is 4.90 Å². The van der Waals surface area contributed by atoms with Crippen LogP contribution in [-0.2, 0) is 4.79 Å². The number of halogens is 2. The second-order valence-electron chi connectivity index (χ2n) is 5.37. The highest BCUT2D eigenvalue weighted by Crippen LogP contribution is 2.26. The molecule has 4 heteroatoms. The van der Waals surface area contributed by atoms with E-state index >= 15 is 0 Å². The molecule has 0 unspecified atom stereocenters. The lowest BCUT2D eigenvalue weighted by molar-refractivity contribution is -0.128. The molecular formula is C16H25BrClNO. The van der Waals surface area contributed by atoms with Crippen molar-refractivity contribution in [3.63, 3.8) is 0 Å². The summed E-state index contributed by atoms with van der Waals surface area (Å²) in [5.41, 5.74) is 0.945. The van der Waals surface area contributed by atoms with Crippen molar-refractivity contribution in [2.75, 3.05) is 12.4 Å². The lowest BCUT2D eigenvalue weighted by Gasteiger charge is -2.25. The first-order valence-corrected chi connectivity index (χ1v) is 8.80. The highest BCUT2D eigenvalue weighted by molar-refractivity contribution is 9.11. The quantitative estimate of drug-likeness (QED) is 0.320. The first-order valence-electron chi connectivity index (χ1n) is 7.47. The lowest BCUT2D eigenvalue weighted by atomic mass is 10.1. The van der Waals surface area contributed by atoms with Crippen LogP contribution in [0.15, 0.2) is 22.7 Å². The Labute approximate surface area is 136 Å². The molecule has 1 heterocycles. The Morgan fingerprint density at radius 3 is 2.90 bits per heavy atom. The molecule has 0 aromatic carbocycles. The van der Waals surface area contributed by atoms with Crippen LogP contribution in [0.2, 0.25) is 0 Å². The SMILES string of the molecule is C=C(CCl)[C@@H]1CCC(=O)N1C/C(Br)=C\CCCCCC. The molecule has 1 saturated heterocycles. The fourth-order valence-electron chi connectivity index (χ4n) is 2.50. The molecule has 0 spiro atoms. The molecule has 1 rings (SSSR count). The molecule has 114 valence electrons. The number of carbonyl (C=O) groups excluding carboxylic acids is 1. The average molecular weight is 363 g/mol. The third-order valence-electron chi connectivity index (χ3n) is 3.72. The number of allylic oxidation sites excluding steroid dienone is 1. The summed E-state index contributed by atoms with van der Waals surface area (Å²) in [6.45, 7) is 6.85. The predicted octanol–water partition coefficient (Wildman–Crippen LogP) is 5.02. The monoisotopic (exact) mass is 361 g/mol. The molecular weight excluding hydrogens is 338 g/mol. The molecule has 0 radical (unpaired) electrons. The average Bonchev–Trinajstić information content (AvgIpc) is 2.79. The van der Waals surface area contributed by atoms with Crippen LogP contribution in [-0.4, -0.2) is 29.3 Å². The van der Waals surface area contributed by atoms with Gasteiger partial charge in [-0.25, -0.2) is 0 Å². The van der Waals surface area contributed by atoms with Gasteiger partial charge in [-0.3, -0.25) is 4.79 Å². The standard InChI is InChI=1S/C16H25BrClNO/c1-3-4-5-6-7-8-14(17)12-19-15(13(2)11-18)9-10-16(19)20/h8,15H,2-7,9-12H2,1H3/b14-8+/t15-/m0/s1. The van der Waals surface area contributed by atoms with Crippen molar-refractivity contribution in [3.8, 4) is 0 Å². The van der Waals surface area contributed by atoms with Crippen molar-refractivity contribution in [2.24, 2.45) is 0 Å². The Morgan fingerprint density at radius 2 is 2.25 bits per heavy atom. The van der Waals surface area contributed by atoms with E-state index in [4.69, 9.17) is 11.6 Å². The summed E-state index contributed by atoms with van der Waals surface area (Å²) >= 11 is 9.44. The van der Waals surface area contributed by atoms with Gasteiger partial charge >= 0.3 is 0 Å². The Hall–Kier alpha value is -0.280. The molecule has 0 bridgehead atoms. The molecule has 0 N–H and O–H groups in total. The van der Waals surface area contributed by atoms with Gasteiger partial charge in [-0.15, -0.1) is 11.6 Å². The smallest absolute Gasteiger partial charge is 0.223 e. The molecule has 20 heavy (non-hydrogen) atoms. The minimum atomic E-state index is 0.112. The zero-order valence-corrected chi connectivity index (χ0v) is 14.7. The van der Waals surface area contributed by atoms with E-state index in [9.17, 15) is 4.79 Å². The zero-order valence-electron chi connectivity index (χ0n) is 12.3. The summed E-state index contributed by atoms with van der Waals surface area (Å²) in [5, 5.41) is 0. The third-order valence-corrected chi connectivity index (χ3v) is 4.63. The van der Waals surface area contributed by atoms with Gasteiger partial charge in [0, 0.05) is 16.8 Å². The maximum atomic E-state index is 11.9. The second kappa shape index (κ2) is 9.62. The molecule has 0 aliphatic carbocycles. The highest BCUT2D eigenvalue weighted by Gasteiger charge is 2.32. The van der Waals surface area contributed by atoms with E-state index in [1.807, 2.05) is 4.90 Å². The molecule has 1 aliphatic heterocycles. The van der Waals surface area contributed by atoms with Gasteiger partial charge in [0.05, 0.1) is 12.6 Å². The number of hydrogen-bond acceptors (Lipinski definition) is 1. The molecule has 1 atom stereocenters. The van der Waals surface area contributed by atoms with Crippen molar-refractivity contribution < 1.29 is 4.79 Å². The van der Waals surface area contributed by atoms with Crippen LogP contribution in [0.3, 0.4) is 0 Å². The molecule has 0 aromatic heterocycles. The van der Waals surface area contributed by atoms with Gasteiger partial charge in [0.15, 0.2) is 0 Å². The van der Waals surface area contributed by atoms with Gasteiger partial charge in [0.1, 0.15) is 0 Å². The molecule has 1 fully saturated rings. The van der Waals surface area contributed by atoms with Crippen LogP contribution in [0.25, 0.3) is 0 Å². The van der Waals surface area contributed by atoms with Gasteiger partial charge in [0.25, 0.3) is 0 Å². The van der Waals surface area contributed by atoms with E-state index in [-0.39, 0.29) is 11.9 Å². The van der Waals surface area contributed by atoms with E-state index < -0.39 is 0 Å². The summed E-state index contributed by atoms with van der Waals surface area (Å²) < 4.78 is 1.09. The van der Waals surface area contributed by atoms with Crippen LogP contribution < -0.4 is 0 Å². The molecule has 0 saturated carbocycles. The fraction of sp³-hybridized carbons (Fsp3) is 0.688. The fourth-order valence-corrected chi connectivity index (χ4v) is 3.18. The van der Waals surface area contributed by atoms with Gasteiger partial charge in [-0.05, 0) is 24.8 Å². The van der Waals surface area contributed by atoms with Gasteiger partial charge in [0.2, 0.25) is 5.91 Å². The maximum Gasteiger partial charge on any atom is 0.223 e. The maximum absolute atomic E-state index is 11.9. The largest absolute Gasteiger partial charge is 0.331 e. The van der Waals surface area contributed by atoms with Gasteiger partial charge in [-0.2, -0.15) is 0 Å². The number of hydrogen-bond donors (Lipinski definition) is 0. The predicted molar refractivity (Wildman–Crippen MR) is 90.4 cm³/mol. The Balaban J connectivity index is 2.45. The summed E-state index contributed by atoms with van der Waals surface area (Å²) in [6, 6.07) is 0.112. The zero-order chi connectivity index (χ0) is 15.0. The summed E-state index contributed by atoms with van der Waals surface area (Å²) in [5.74, 6) is 0.630. The third kappa shape index (κ3) is 5.61. The lowest BCUT2D eigenvalue weighted by Crippen LogP contribution is -2.35. The van der Waals surface area contributed by atoms with Crippen LogP contribution in [0, 0.1) is 0 Å². The second-order valence-corrected chi connectivity index (χ2v) is 6.65. The first kappa shape index (κ1) is 17.8. The topological polar surface area (TPSA) is 20.3 Å². The van der Waals surface area contributed by atoms with E-state index in [0.717, 1.165) is 22.9 Å². The van der Waals surface area contributed by atoms with Crippen molar-refractivity contribution >= 4 is 33.4 Å². The first-order chi connectivity index (χ1) is 9.60. The van der Waals surface area contributed by atoms with Crippen LogP contribution in [0.5, 0.6) is 0 Å². The Kier molecular flexibility index (Phi) is 8.55. The summed E-state index contributed by atoms with van der Waals surface area (Å²) in [6.07, 6.45) is 9.78. The Bertz CT molecular complexity index is 367. The van der Waals surface area contributed by atoms with Gasteiger partial charge in [-0.1, -0.05) is 54.8 Å². The number of rotatable bonds is 9. The summed E-state index contributed by atoms with van der Waals surface area (Å²) in [4.78, 5) is 13.8. The minimum Gasteiger partial charge on any atom is -0.331 e. The van der Waals surface area contributed by atoms with Crippen molar-refractivity contribution in [1.29, 1.82) is 0 Å². The van der Waals surface area contributed by atoms with Gasteiger partial charge < -0.3 is 4.90 Å². The number of unbranched alkanes of at least 4 members (excludes halogenated alkanes) is 4. The number of carbonyl (C=O) groups is 1. The number of alkyl halides is 1. The van der Waals surface area contributed by atoms with Crippen molar-refractivity contribution in [2.45, 2.75) is 57.9 Å². The van der Waals surface area contributed by atoms with E-state index in [1.165, 1.54) is 25.7 Å². The van der Waals surface area contributed by atoms with Crippen LogP contribution in [0.1, 0.15) is 51.9 Å². The van der Waals surface area contributed by atoms with E-state index in [1.54, 1.807) is 0 Å².